The van der Waals surface area contributed by atoms with Crippen molar-refractivity contribution in [2.45, 2.75) is 44.6 Å². The fourth-order valence-electron chi connectivity index (χ4n) is 1.75. The van der Waals surface area contributed by atoms with Gasteiger partial charge >= 0.3 is 0 Å². The van der Waals surface area contributed by atoms with Crippen molar-refractivity contribution in [1.82, 2.24) is 5.32 Å². The molecule has 0 aliphatic heterocycles. The molecule has 0 aromatic heterocycles. The van der Waals surface area contributed by atoms with Crippen LogP contribution < -0.4 is 5.32 Å². The summed E-state index contributed by atoms with van der Waals surface area (Å²) in [5.74, 6) is 1.07. The van der Waals surface area contributed by atoms with Crippen LogP contribution in [-0.4, -0.2) is 26.8 Å². The molecular formula is C11H23NO. The highest BCUT2D eigenvalue weighted by Gasteiger charge is 2.21. The van der Waals surface area contributed by atoms with Crippen LogP contribution in [0.15, 0.2) is 0 Å². The van der Waals surface area contributed by atoms with Crippen molar-refractivity contribution in [3.8, 4) is 0 Å². The van der Waals surface area contributed by atoms with E-state index in [9.17, 15) is 0 Å². The van der Waals surface area contributed by atoms with Gasteiger partial charge in [0.05, 0.1) is 0 Å². The Balaban J connectivity index is 1.95. The first-order chi connectivity index (χ1) is 6.36. The van der Waals surface area contributed by atoms with Crippen LogP contribution in [0.5, 0.6) is 0 Å². The molecule has 1 saturated carbocycles. The zero-order valence-electron chi connectivity index (χ0n) is 9.01. The van der Waals surface area contributed by atoms with E-state index in [1.165, 1.54) is 38.5 Å². The average Bonchev–Trinajstić information content (AvgIpc) is 2.94. The molecular weight excluding hydrogens is 162 g/mol. The van der Waals surface area contributed by atoms with Crippen LogP contribution in [0.1, 0.15) is 38.5 Å². The van der Waals surface area contributed by atoms with Crippen molar-refractivity contribution in [2.75, 3.05) is 20.8 Å². The highest BCUT2D eigenvalue weighted by Crippen LogP contribution is 2.34. The number of methoxy groups -OCH3 is 1. The van der Waals surface area contributed by atoms with Crippen molar-refractivity contribution in [3.05, 3.63) is 0 Å². The Kier molecular flexibility index (Phi) is 5.40. The van der Waals surface area contributed by atoms with E-state index in [4.69, 9.17) is 4.74 Å². The van der Waals surface area contributed by atoms with Crippen molar-refractivity contribution < 1.29 is 4.74 Å². The first-order valence-electron chi connectivity index (χ1n) is 5.53. The minimum atomic E-state index is 0.718. The van der Waals surface area contributed by atoms with Gasteiger partial charge < -0.3 is 10.1 Å². The Morgan fingerprint density at radius 3 is 2.69 bits per heavy atom. The van der Waals surface area contributed by atoms with Gasteiger partial charge in [0.15, 0.2) is 0 Å². The Labute approximate surface area is 82.0 Å². The molecule has 0 aromatic rings. The number of hydrogen-bond acceptors (Lipinski definition) is 2. The quantitative estimate of drug-likeness (QED) is 0.585. The van der Waals surface area contributed by atoms with Gasteiger partial charge in [-0.1, -0.05) is 12.8 Å². The molecule has 1 fully saturated rings. The Morgan fingerprint density at radius 1 is 1.38 bits per heavy atom. The number of ether oxygens (including phenoxy) is 1. The summed E-state index contributed by atoms with van der Waals surface area (Å²) in [4.78, 5) is 0. The molecule has 2 heteroatoms. The summed E-state index contributed by atoms with van der Waals surface area (Å²) in [6.07, 6.45) is 8.19. The molecule has 0 bridgehead atoms. The van der Waals surface area contributed by atoms with Crippen LogP contribution in [0.3, 0.4) is 0 Å². The molecule has 1 atom stereocenters. The van der Waals surface area contributed by atoms with Crippen LogP contribution >= 0.6 is 0 Å². The van der Waals surface area contributed by atoms with E-state index in [0.717, 1.165) is 18.6 Å². The molecule has 2 nitrogen and oxygen atoms in total. The molecule has 0 saturated heterocycles. The third-order valence-corrected chi connectivity index (χ3v) is 2.93. The maximum absolute atomic E-state index is 5.05. The number of hydrogen-bond donors (Lipinski definition) is 1. The van der Waals surface area contributed by atoms with E-state index in [-0.39, 0.29) is 0 Å². The van der Waals surface area contributed by atoms with Gasteiger partial charge in [0, 0.05) is 19.8 Å². The molecule has 1 unspecified atom stereocenters. The molecule has 0 amide bonds. The third-order valence-electron chi connectivity index (χ3n) is 2.93. The topological polar surface area (TPSA) is 21.3 Å². The van der Waals surface area contributed by atoms with E-state index < -0.39 is 0 Å². The van der Waals surface area contributed by atoms with Gasteiger partial charge in [-0.15, -0.1) is 0 Å². The molecule has 78 valence electrons. The fraction of sp³-hybridized carbons (Fsp3) is 1.00. The lowest BCUT2D eigenvalue weighted by molar-refractivity contribution is 0.188. The molecule has 13 heavy (non-hydrogen) atoms. The molecule has 1 aliphatic carbocycles. The smallest absolute Gasteiger partial charge is 0.0462 e. The van der Waals surface area contributed by atoms with Crippen molar-refractivity contribution >= 4 is 0 Å². The van der Waals surface area contributed by atoms with Crippen LogP contribution in [0.4, 0.5) is 0 Å². The van der Waals surface area contributed by atoms with E-state index in [0.29, 0.717) is 0 Å². The van der Waals surface area contributed by atoms with Gasteiger partial charge in [-0.25, -0.2) is 0 Å². The number of nitrogens with one attached hydrogen (secondary N) is 1. The maximum atomic E-state index is 5.05. The standard InChI is InChI=1S/C11H23NO/c1-12-11(4-3-9-13-2)8-7-10-5-6-10/h10-12H,3-9H2,1-2H3. The van der Waals surface area contributed by atoms with Gasteiger partial charge in [-0.05, 0) is 38.6 Å². The van der Waals surface area contributed by atoms with Gasteiger partial charge in [-0.2, -0.15) is 0 Å². The van der Waals surface area contributed by atoms with Crippen LogP contribution in [-0.2, 0) is 4.74 Å². The monoisotopic (exact) mass is 185 g/mol. The molecule has 0 radical (unpaired) electrons. The predicted molar refractivity (Wildman–Crippen MR) is 55.9 cm³/mol. The summed E-state index contributed by atoms with van der Waals surface area (Å²) in [5, 5.41) is 3.39. The first-order valence-corrected chi connectivity index (χ1v) is 5.53. The second-order valence-electron chi connectivity index (χ2n) is 4.14. The fourth-order valence-corrected chi connectivity index (χ4v) is 1.75. The lowest BCUT2D eigenvalue weighted by Crippen LogP contribution is -2.25. The van der Waals surface area contributed by atoms with Crippen LogP contribution in [0, 0.1) is 5.92 Å². The average molecular weight is 185 g/mol. The third kappa shape index (κ3) is 5.27. The zero-order valence-corrected chi connectivity index (χ0v) is 9.01. The Morgan fingerprint density at radius 2 is 2.15 bits per heavy atom. The lowest BCUT2D eigenvalue weighted by atomic mass is 10.0. The van der Waals surface area contributed by atoms with Crippen LogP contribution in [0.2, 0.25) is 0 Å². The first kappa shape index (κ1) is 11.0. The Hall–Kier alpha value is -0.0800. The van der Waals surface area contributed by atoms with Gasteiger partial charge in [0.1, 0.15) is 0 Å². The predicted octanol–water partition coefficient (Wildman–Crippen LogP) is 2.19. The van der Waals surface area contributed by atoms with Crippen molar-refractivity contribution in [2.24, 2.45) is 5.92 Å². The minimum Gasteiger partial charge on any atom is -0.385 e. The molecule has 1 N–H and O–H groups in total. The van der Waals surface area contributed by atoms with Gasteiger partial charge in [0.2, 0.25) is 0 Å². The molecule has 1 rings (SSSR count). The van der Waals surface area contributed by atoms with E-state index >= 15 is 0 Å². The second kappa shape index (κ2) is 6.39. The molecule has 0 spiro atoms. The highest BCUT2D eigenvalue weighted by atomic mass is 16.5. The van der Waals surface area contributed by atoms with Gasteiger partial charge in [0.25, 0.3) is 0 Å². The van der Waals surface area contributed by atoms with Gasteiger partial charge in [-0.3, -0.25) is 0 Å². The van der Waals surface area contributed by atoms with Crippen molar-refractivity contribution in [3.63, 3.8) is 0 Å². The number of rotatable bonds is 8. The van der Waals surface area contributed by atoms with E-state index in [2.05, 4.69) is 12.4 Å². The summed E-state index contributed by atoms with van der Waals surface area (Å²) in [7, 11) is 3.85. The summed E-state index contributed by atoms with van der Waals surface area (Å²) < 4.78 is 5.05. The van der Waals surface area contributed by atoms with E-state index in [1.807, 2.05) is 0 Å². The molecule has 0 heterocycles. The largest absolute Gasteiger partial charge is 0.385 e. The molecule has 0 aromatic carbocycles. The summed E-state index contributed by atoms with van der Waals surface area (Å²) in [6.45, 7) is 0.904. The normalized spacial score (nSPS) is 18.9. The Bertz CT molecular complexity index is 123. The second-order valence-corrected chi connectivity index (χ2v) is 4.14. The zero-order chi connectivity index (χ0) is 9.52. The SMILES string of the molecule is CNC(CCCOC)CCC1CC1. The summed E-state index contributed by atoms with van der Waals surface area (Å²) in [5.41, 5.74) is 0. The summed E-state index contributed by atoms with van der Waals surface area (Å²) >= 11 is 0. The highest BCUT2D eigenvalue weighted by molar-refractivity contribution is 4.76. The van der Waals surface area contributed by atoms with E-state index in [1.54, 1.807) is 7.11 Å². The van der Waals surface area contributed by atoms with Crippen LogP contribution in [0.25, 0.3) is 0 Å². The maximum Gasteiger partial charge on any atom is 0.0462 e. The minimum absolute atomic E-state index is 0.718. The molecule has 1 aliphatic rings. The lowest BCUT2D eigenvalue weighted by Gasteiger charge is -2.15. The van der Waals surface area contributed by atoms with Crippen molar-refractivity contribution in [1.29, 1.82) is 0 Å². The summed E-state index contributed by atoms with van der Waals surface area (Å²) in [6, 6.07) is 0.718.